The highest BCUT2D eigenvalue weighted by molar-refractivity contribution is 7.89. The van der Waals surface area contributed by atoms with Gasteiger partial charge in [0.25, 0.3) is 0 Å². The van der Waals surface area contributed by atoms with Gasteiger partial charge in [-0.1, -0.05) is 12.1 Å². The zero-order valence-electron chi connectivity index (χ0n) is 16.1. The van der Waals surface area contributed by atoms with Gasteiger partial charge in [-0.3, -0.25) is 4.79 Å². The lowest BCUT2D eigenvalue weighted by Crippen LogP contribution is -2.26. The van der Waals surface area contributed by atoms with Gasteiger partial charge in [-0.2, -0.15) is 0 Å². The van der Waals surface area contributed by atoms with E-state index in [-0.39, 0.29) is 26.0 Å². The number of fused-ring (bicyclic) bond motifs is 1. The van der Waals surface area contributed by atoms with Gasteiger partial charge < -0.3 is 4.74 Å². The number of carbonyl (C=O) groups is 1. The Morgan fingerprint density at radius 2 is 1.80 bits per heavy atom. The molecule has 0 unspecified atom stereocenters. The Morgan fingerprint density at radius 1 is 1.10 bits per heavy atom. The third-order valence-corrected chi connectivity index (χ3v) is 5.74. The molecule has 0 amide bonds. The van der Waals surface area contributed by atoms with Crippen molar-refractivity contribution in [2.45, 2.75) is 31.3 Å². The van der Waals surface area contributed by atoms with Crippen molar-refractivity contribution in [3.63, 3.8) is 0 Å². The maximum Gasteiger partial charge on any atom is 0.306 e. The van der Waals surface area contributed by atoms with E-state index in [0.717, 1.165) is 17.6 Å². The van der Waals surface area contributed by atoms with Crippen molar-refractivity contribution in [3.05, 3.63) is 65.5 Å². The molecule has 0 aliphatic rings. The number of benzene rings is 2. The van der Waals surface area contributed by atoms with Crippen LogP contribution in [-0.2, 0) is 26.2 Å². The number of halogens is 2. The molecule has 0 atom stereocenters. The Balaban J connectivity index is 1.48. The molecule has 0 fully saturated rings. The van der Waals surface area contributed by atoms with E-state index in [1.807, 2.05) is 24.3 Å². The van der Waals surface area contributed by atoms with Crippen LogP contribution in [0, 0.1) is 18.6 Å². The van der Waals surface area contributed by atoms with E-state index in [0.29, 0.717) is 23.0 Å². The quantitative estimate of drug-likeness (QED) is 0.431. The molecule has 1 N–H and O–H groups in total. The first kappa shape index (κ1) is 21.7. The number of ether oxygens (including phenoxy) is 1. The van der Waals surface area contributed by atoms with E-state index < -0.39 is 32.5 Å². The summed E-state index contributed by atoms with van der Waals surface area (Å²) in [7, 11) is -4.15. The summed E-state index contributed by atoms with van der Waals surface area (Å²) in [6.45, 7) is 1.62. The Morgan fingerprint density at radius 3 is 2.50 bits per heavy atom. The summed E-state index contributed by atoms with van der Waals surface area (Å²) in [5.41, 5.74) is 2.62. The van der Waals surface area contributed by atoms with Crippen LogP contribution in [0.15, 0.2) is 47.4 Å². The predicted molar refractivity (Wildman–Crippen MR) is 105 cm³/mol. The van der Waals surface area contributed by atoms with Gasteiger partial charge in [0.1, 0.15) is 23.1 Å². The summed E-state index contributed by atoms with van der Waals surface area (Å²) in [6, 6.07) is 9.52. The fourth-order valence-corrected chi connectivity index (χ4v) is 3.82. The molecule has 0 radical (unpaired) electrons. The van der Waals surface area contributed by atoms with Gasteiger partial charge in [0.15, 0.2) is 0 Å². The first-order valence-corrected chi connectivity index (χ1v) is 10.6. The third kappa shape index (κ3) is 5.33. The van der Waals surface area contributed by atoms with Crippen molar-refractivity contribution in [1.29, 1.82) is 0 Å². The average molecular weight is 435 g/mol. The summed E-state index contributed by atoms with van der Waals surface area (Å²) in [5, 5.41) is 0. The van der Waals surface area contributed by atoms with Crippen LogP contribution >= 0.6 is 0 Å². The van der Waals surface area contributed by atoms with Crippen LogP contribution in [0.2, 0.25) is 0 Å². The minimum Gasteiger partial charge on any atom is -0.459 e. The first-order valence-electron chi connectivity index (χ1n) is 9.09. The maximum atomic E-state index is 13.6. The van der Waals surface area contributed by atoms with Gasteiger partial charge in [0.2, 0.25) is 10.0 Å². The molecule has 0 aliphatic heterocycles. The number of esters is 1. The Hall–Kier alpha value is -2.98. The summed E-state index contributed by atoms with van der Waals surface area (Å²) >= 11 is 0. The number of nitrogens with zero attached hydrogens (tertiary/aromatic N) is 2. The molecule has 0 spiro atoms. The Bertz CT molecular complexity index is 1190. The topological polar surface area (TPSA) is 98.2 Å². The molecule has 10 heteroatoms. The number of nitrogens with one attached hydrogen (secondary N) is 1. The van der Waals surface area contributed by atoms with E-state index in [1.54, 1.807) is 6.92 Å². The summed E-state index contributed by atoms with van der Waals surface area (Å²) in [4.78, 5) is 20.1. The van der Waals surface area contributed by atoms with Gasteiger partial charge >= 0.3 is 5.97 Å². The van der Waals surface area contributed by atoms with Crippen molar-refractivity contribution in [3.8, 4) is 0 Å². The molecule has 0 aliphatic carbocycles. The molecule has 1 aromatic heterocycles. The van der Waals surface area contributed by atoms with Crippen molar-refractivity contribution in [2.24, 2.45) is 0 Å². The summed E-state index contributed by atoms with van der Waals surface area (Å²) < 4.78 is 58.0. The molecule has 30 heavy (non-hydrogen) atoms. The predicted octanol–water partition coefficient (Wildman–Crippen LogP) is 3.02. The Labute approximate surface area is 172 Å². The fourth-order valence-electron chi connectivity index (χ4n) is 2.69. The largest absolute Gasteiger partial charge is 0.459 e. The molecular formula is C20H19F2N3O4S. The van der Waals surface area contributed by atoms with Crippen molar-refractivity contribution in [1.82, 2.24) is 14.7 Å². The maximum absolute atomic E-state index is 13.6. The van der Waals surface area contributed by atoms with E-state index in [2.05, 4.69) is 14.7 Å². The molecule has 2 aromatic carbocycles. The molecule has 158 valence electrons. The van der Waals surface area contributed by atoms with E-state index in [4.69, 9.17) is 4.74 Å². The average Bonchev–Trinajstić information content (AvgIpc) is 2.69. The number of sulfonamides is 1. The monoisotopic (exact) mass is 435 g/mol. The molecule has 0 saturated carbocycles. The van der Waals surface area contributed by atoms with E-state index in [1.165, 1.54) is 0 Å². The Kier molecular flexibility index (Phi) is 6.68. The van der Waals surface area contributed by atoms with Crippen LogP contribution in [0.3, 0.4) is 0 Å². The van der Waals surface area contributed by atoms with Gasteiger partial charge in [0.05, 0.1) is 22.4 Å². The number of aromatic nitrogens is 2. The van der Waals surface area contributed by atoms with Gasteiger partial charge in [-0.15, -0.1) is 0 Å². The van der Waals surface area contributed by atoms with Crippen LogP contribution in [0.5, 0.6) is 0 Å². The number of para-hydroxylation sites is 2. The fraction of sp³-hybridized carbons (Fsp3) is 0.250. The molecule has 3 rings (SSSR count). The normalized spacial score (nSPS) is 11.6. The number of hydrogen-bond donors (Lipinski definition) is 1. The lowest BCUT2D eigenvalue weighted by atomic mass is 10.2. The lowest BCUT2D eigenvalue weighted by Gasteiger charge is -2.09. The smallest absolute Gasteiger partial charge is 0.306 e. The van der Waals surface area contributed by atoms with Crippen molar-refractivity contribution < 1.29 is 26.7 Å². The molecule has 0 saturated heterocycles. The second-order valence-corrected chi connectivity index (χ2v) is 8.22. The van der Waals surface area contributed by atoms with Gasteiger partial charge in [0, 0.05) is 19.0 Å². The minimum atomic E-state index is -4.15. The van der Waals surface area contributed by atoms with Crippen LogP contribution in [-0.4, -0.2) is 30.9 Å². The van der Waals surface area contributed by atoms with Crippen molar-refractivity contribution >= 4 is 27.0 Å². The molecule has 1 heterocycles. The zero-order chi connectivity index (χ0) is 21.7. The van der Waals surface area contributed by atoms with E-state index >= 15 is 0 Å². The van der Waals surface area contributed by atoms with Crippen molar-refractivity contribution in [2.75, 3.05) is 6.54 Å². The zero-order valence-corrected chi connectivity index (χ0v) is 16.9. The van der Waals surface area contributed by atoms with Gasteiger partial charge in [-0.05, 0) is 37.6 Å². The molecule has 0 bridgehead atoms. The highest BCUT2D eigenvalue weighted by Gasteiger charge is 2.19. The highest BCUT2D eigenvalue weighted by Crippen LogP contribution is 2.16. The second-order valence-electron chi connectivity index (χ2n) is 6.48. The number of hydrogen-bond acceptors (Lipinski definition) is 6. The summed E-state index contributed by atoms with van der Waals surface area (Å²) in [5.74, 6) is -2.59. The third-order valence-electron chi connectivity index (χ3n) is 4.25. The molecule has 7 nitrogen and oxygen atoms in total. The van der Waals surface area contributed by atoms with E-state index in [9.17, 15) is 22.0 Å². The second kappa shape index (κ2) is 9.23. The van der Waals surface area contributed by atoms with Crippen LogP contribution < -0.4 is 4.72 Å². The number of aryl methyl sites for hydroxylation is 1. The number of carbonyl (C=O) groups excluding carboxylic acids is 1. The van der Waals surface area contributed by atoms with Crippen LogP contribution in [0.4, 0.5) is 8.78 Å². The number of rotatable bonds is 8. The van der Waals surface area contributed by atoms with Crippen LogP contribution in [0.25, 0.3) is 11.0 Å². The lowest BCUT2D eigenvalue weighted by molar-refractivity contribution is -0.145. The molecular weight excluding hydrogens is 416 g/mol. The highest BCUT2D eigenvalue weighted by atomic mass is 32.2. The first-order chi connectivity index (χ1) is 14.3. The minimum absolute atomic E-state index is 0.0466. The van der Waals surface area contributed by atoms with Crippen LogP contribution in [0.1, 0.15) is 24.2 Å². The standard InChI is InChI=1S/C20H19F2N3O4S/c1-13-18(25-17-6-3-2-5-16(17)24-13)12-29-20(26)7-4-10-23-30(27,28)19-9-8-14(21)11-15(19)22/h2-3,5-6,8-9,11,23H,4,7,10,12H2,1H3. The van der Waals surface area contributed by atoms with Gasteiger partial charge in [-0.25, -0.2) is 31.9 Å². The SMILES string of the molecule is Cc1nc2ccccc2nc1COC(=O)CCCNS(=O)(=O)c1ccc(F)cc1F. The summed E-state index contributed by atoms with van der Waals surface area (Å²) in [6.07, 6.45) is 0.0950. The molecule has 3 aromatic rings.